The molecule has 1 aromatic carbocycles. The highest BCUT2D eigenvalue weighted by molar-refractivity contribution is 5.78. The largest absolute Gasteiger partial charge is 0.481 e. The van der Waals surface area contributed by atoms with E-state index in [-0.39, 0.29) is 23.4 Å². The summed E-state index contributed by atoms with van der Waals surface area (Å²) in [7, 11) is 0. The maximum absolute atomic E-state index is 12.7. The molecule has 1 aliphatic carbocycles. The molecule has 8 heteroatoms. The van der Waals surface area contributed by atoms with Gasteiger partial charge in [-0.1, -0.05) is 12.8 Å². The minimum absolute atomic E-state index is 0.0431. The standard InChI is InChI=1S/C19H25N3O5/c23-17(13-19(14-18(24)25)7-1-2-8-19)21-11-9-20(10-12-21)15-3-5-16(6-4-15)22(26)27/h3-6H,1-2,7-14H2,(H,24,25). The second-order valence-corrected chi connectivity index (χ2v) is 7.60. The van der Waals surface area contributed by atoms with Crippen molar-refractivity contribution in [1.29, 1.82) is 0 Å². The molecule has 146 valence electrons. The highest BCUT2D eigenvalue weighted by Gasteiger charge is 2.39. The van der Waals surface area contributed by atoms with Crippen LogP contribution in [0.5, 0.6) is 0 Å². The van der Waals surface area contributed by atoms with Gasteiger partial charge < -0.3 is 14.9 Å². The number of nitro groups is 1. The zero-order valence-electron chi connectivity index (χ0n) is 15.3. The number of carbonyl (C=O) groups excluding carboxylic acids is 1. The molecule has 1 heterocycles. The number of anilines is 1. The molecular weight excluding hydrogens is 350 g/mol. The second-order valence-electron chi connectivity index (χ2n) is 7.60. The Labute approximate surface area is 157 Å². The van der Waals surface area contributed by atoms with Gasteiger partial charge in [0, 0.05) is 50.4 Å². The smallest absolute Gasteiger partial charge is 0.303 e. The Morgan fingerprint density at radius 3 is 2.15 bits per heavy atom. The van der Waals surface area contributed by atoms with Crippen LogP contribution in [0.3, 0.4) is 0 Å². The number of hydrogen-bond donors (Lipinski definition) is 1. The van der Waals surface area contributed by atoms with E-state index in [9.17, 15) is 24.8 Å². The summed E-state index contributed by atoms with van der Waals surface area (Å²) >= 11 is 0. The third-order valence-electron chi connectivity index (χ3n) is 5.77. The van der Waals surface area contributed by atoms with Crippen LogP contribution in [-0.2, 0) is 9.59 Å². The lowest BCUT2D eigenvalue weighted by Gasteiger charge is -2.38. The van der Waals surface area contributed by atoms with Crippen molar-refractivity contribution >= 4 is 23.3 Å². The number of carbonyl (C=O) groups is 2. The number of carboxylic acid groups (broad SMARTS) is 1. The molecular formula is C19H25N3O5. The number of hydrogen-bond acceptors (Lipinski definition) is 5. The summed E-state index contributed by atoms with van der Waals surface area (Å²) in [5.74, 6) is -0.783. The number of rotatable bonds is 6. The van der Waals surface area contributed by atoms with E-state index < -0.39 is 10.9 Å². The molecule has 0 radical (unpaired) electrons. The van der Waals surface area contributed by atoms with Crippen molar-refractivity contribution in [1.82, 2.24) is 4.90 Å². The van der Waals surface area contributed by atoms with Gasteiger partial charge in [-0.25, -0.2) is 0 Å². The minimum atomic E-state index is -0.826. The molecule has 8 nitrogen and oxygen atoms in total. The van der Waals surface area contributed by atoms with Crippen molar-refractivity contribution < 1.29 is 19.6 Å². The van der Waals surface area contributed by atoms with Gasteiger partial charge in [-0.3, -0.25) is 19.7 Å². The van der Waals surface area contributed by atoms with Crippen LogP contribution in [0.25, 0.3) is 0 Å². The Morgan fingerprint density at radius 1 is 1.04 bits per heavy atom. The van der Waals surface area contributed by atoms with E-state index >= 15 is 0 Å². The number of nitrogens with zero attached hydrogens (tertiary/aromatic N) is 3. The van der Waals surface area contributed by atoms with E-state index in [0.29, 0.717) is 32.6 Å². The Hall–Kier alpha value is -2.64. The third-order valence-corrected chi connectivity index (χ3v) is 5.77. The fraction of sp³-hybridized carbons (Fsp3) is 0.579. The van der Waals surface area contributed by atoms with Crippen LogP contribution < -0.4 is 4.90 Å². The quantitative estimate of drug-likeness (QED) is 0.605. The normalized spacial score (nSPS) is 19.1. The van der Waals surface area contributed by atoms with Gasteiger partial charge in [0.2, 0.25) is 5.91 Å². The van der Waals surface area contributed by atoms with Gasteiger partial charge in [-0.2, -0.15) is 0 Å². The summed E-state index contributed by atoms with van der Waals surface area (Å²) < 4.78 is 0. The number of aliphatic carboxylic acids is 1. The van der Waals surface area contributed by atoms with Gasteiger partial charge in [0.1, 0.15) is 0 Å². The molecule has 0 spiro atoms. The molecule has 3 rings (SSSR count). The molecule has 0 bridgehead atoms. The lowest BCUT2D eigenvalue weighted by Crippen LogP contribution is -2.49. The van der Waals surface area contributed by atoms with Crippen LogP contribution >= 0.6 is 0 Å². The number of carboxylic acids is 1. The van der Waals surface area contributed by atoms with Gasteiger partial charge in [-0.15, -0.1) is 0 Å². The molecule has 27 heavy (non-hydrogen) atoms. The molecule has 1 N–H and O–H groups in total. The molecule has 2 aliphatic rings. The molecule has 1 aromatic rings. The number of benzene rings is 1. The maximum Gasteiger partial charge on any atom is 0.303 e. The molecule has 0 aromatic heterocycles. The predicted molar refractivity (Wildman–Crippen MR) is 99.7 cm³/mol. The molecule has 1 saturated carbocycles. The van der Waals surface area contributed by atoms with E-state index in [4.69, 9.17) is 0 Å². The first-order chi connectivity index (χ1) is 12.9. The van der Waals surface area contributed by atoms with Crippen molar-refractivity contribution in [3.8, 4) is 0 Å². The molecule has 1 aliphatic heterocycles. The van der Waals surface area contributed by atoms with E-state index in [2.05, 4.69) is 4.90 Å². The fourth-order valence-electron chi connectivity index (χ4n) is 4.29. The van der Waals surface area contributed by atoms with Gasteiger partial charge >= 0.3 is 5.97 Å². The Bertz CT molecular complexity index is 705. The number of non-ortho nitro benzene ring substituents is 1. The summed E-state index contributed by atoms with van der Waals surface area (Å²) in [4.78, 5) is 38.2. The SMILES string of the molecule is O=C(O)CC1(CC(=O)N2CCN(c3ccc([N+](=O)[O-])cc3)CC2)CCCC1. The van der Waals surface area contributed by atoms with Gasteiger partial charge in [0.25, 0.3) is 5.69 Å². The Morgan fingerprint density at radius 2 is 1.63 bits per heavy atom. The summed E-state index contributed by atoms with van der Waals surface area (Å²) in [6.45, 7) is 2.49. The van der Waals surface area contributed by atoms with Crippen molar-refractivity contribution in [3.63, 3.8) is 0 Å². The topological polar surface area (TPSA) is 104 Å². The monoisotopic (exact) mass is 375 g/mol. The predicted octanol–water partition coefficient (Wildman–Crippen LogP) is 2.67. The average molecular weight is 375 g/mol. The van der Waals surface area contributed by atoms with Crippen LogP contribution in [0.2, 0.25) is 0 Å². The minimum Gasteiger partial charge on any atom is -0.481 e. The summed E-state index contributed by atoms with van der Waals surface area (Å²) in [5, 5.41) is 20.0. The molecule has 1 saturated heterocycles. The first-order valence-electron chi connectivity index (χ1n) is 9.38. The van der Waals surface area contributed by atoms with Crippen LogP contribution in [0.1, 0.15) is 38.5 Å². The van der Waals surface area contributed by atoms with Crippen LogP contribution in [0.15, 0.2) is 24.3 Å². The van der Waals surface area contributed by atoms with E-state index in [1.165, 1.54) is 12.1 Å². The van der Waals surface area contributed by atoms with Crippen LogP contribution in [0.4, 0.5) is 11.4 Å². The Balaban J connectivity index is 1.56. The molecule has 0 unspecified atom stereocenters. The van der Waals surface area contributed by atoms with E-state index in [0.717, 1.165) is 31.4 Å². The maximum atomic E-state index is 12.7. The summed E-state index contributed by atoms with van der Waals surface area (Å²) in [5.41, 5.74) is 0.594. The van der Waals surface area contributed by atoms with Gasteiger partial charge in [0.05, 0.1) is 11.3 Å². The zero-order valence-corrected chi connectivity index (χ0v) is 15.3. The summed E-state index contributed by atoms with van der Waals surface area (Å²) in [6, 6.07) is 6.44. The molecule has 0 atom stereocenters. The van der Waals surface area contributed by atoms with E-state index in [1.54, 1.807) is 12.1 Å². The lowest BCUT2D eigenvalue weighted by molar-refractivity contribution is -0.384. The number of piperazine rings is 1. The van der Waals surface area contributed by atoms with Crippen molar-refractivity contribution in [2.75, 3.05) is 31.1 Å². The molecule has 2 fully saturated rings. The van der Waals surface area contributed by atoms with E-state index in [1.807, 2.05) is 4.90 Å². The molecule has 1 amide bonds. The average Bonchev–Trinajstić information content (AvgIpc) is 3.09. The first kappa shape index (κ1) is 19.1. The first-order valence-corrected chi connectivity index (χ1v) is 9.38. The van der Waals surface area contributed by atoms with Crippen molar-refractivity contribution in [2.45, 2.75) is 38.5 Å². The Kier molecular flexibility index (Phi) is 5.62. The third kappa shape index (κ3) is 4.56. The highest BCUT2D eigenvalue weighted by Crippen LogP contribution is 2.44. The number of amides is 1. The van der Waals surface area contributed by atoms with Gasteiger partial charge in [-0.05, 0) is 30.4 Å². The van der Waals surface area contributed by atoms with Crippen LogP contribution in [0, 0.1) is 15.5 Å². The number of nitro benzene ring substituents is 1. The van der Waals surface area contributed by atoms with Crippen molar-refractivity contribution in [3.05, 3.63) is 34.4 Å². The zero-order chi connectivity index (χ0) is 19.4. The fourth-order valence-corrected chi connectivity index (χ4v) is 4.29. The second kappa shape index (κ2) is 7.94. The lowest BCUT2D eigenvalue weighted by atomic mass is 9.79. The summed E-state index contributed by atoms with van der Waals surface area (Å²) in [6.07, 6.45) is 4.00. The van der Waals surface area contributed by atoms with Crippen LogP contribution in [-0.4, -0.2) is 53.0 Å². The highest BCUT2D eigenvalue weighted by atomic mass is 16.6. The van der Waals surface area contributed by atoms with Gasteiger partial charge in [0.15, 0.2) is 0 Å². The van der Waals surface area contributed by atoms with Crippen molar-refractivity contribution in [2.24, 2.45) is 5.41 Å².